The molecule has 3 atom stereocenters. The van der Waals surface area contributed by atoms with Gasteiger partial charge in [0, 0.05) is 23.1 Å². The van der Waals surface area contributed by atoms with E-state index >= 15 is 0 Å². The largest absolute Gasteiger partial charge is 0.456 e. The molecule has 29 heavy (non-hydrogen) atoms. The number of ether oxygens (including phenoxy) is 1. The molecule has 1 amide bonds. The first-order valence-corrected chi connectivity index (χ1v) is 9.86. The van der Waals surface area contributed by atoms with Gasteiger partial charge in [0.05, 0.1) is 34.2 Å². The lowest BCUT2D eigenvalue weighted by Gasteiger charge is -2.44. The summed E-state index contributed by atoms with van der Waals surface area (Å²) in [6, 6.07) is 5.40. The van der Waals surface area contributed by atoms with Crippen LogP contribution in [0.1, 0.15) is 24.6 Å². The van der Waals surface area contributed by atoms with Crippen molar-refractivity contribution in [3.05, 3.63) is 62.2 Å². The maximum atomic E-state index is 12.8. The Bertz CT molecular complexity index is 999. The Kier molecular flexibility index (Phi) is 4.89. The summed E-state index contributed by atoms with van der Waals surface area (Å²) in [5.74, 6) is -1.52. The summed E-state index contributed by atoms with van der Waals surface area (Å²) >= 11 is 1.38. The lowest BCUT2D eigenvalue weighted by molar-refractivity contribution is -0.384. The van der Waals surface area contributed by atoms with Crippen LogP contribution < -0.4 is 0 Å². The highest BCUT2D eigenvalue weighted by Gasteiger charge is 2.57. The van der Waals surface area contributed by atoms with Crippen molar-refractivity contribution in [2.75, 3.05) is 0 Å². The zero-order chi connectivity index (χ0) is 20.7. The Labute approximate surface area is 169 Å². The van der Waals surface area contributed by atoms with E-state index in [0.717, 1.165) is 0 Å². The molecule has 150 valence electrons. The van der Waals surface area contributed by atoms with Crippen LogP contribution in [0.15, 0.2) is 40.9 Å². The number of fused-ring (bicyclic) bond motifs is 1. The second-order valence-corrected chi connectivity index (χ2v) is 7.67. The Morgan fingerprint density at radius 3 is 2.76 bits per heavy atom. The number of aromatic nitrogens is 1. The lowest BCUT2D eigenvalue weighted by Crippen LogP contribution is -2.61. The summed E-state index contributed by atoms with van der Waals surface area (Å²) in [4.78, 5) is 41.3. The van der Waals surface area contributed by atoms with Crippen LogP contribution in [0, 0.1) is 16.0 Å². The number of β-lactam (4-membered cyclic amide) rings is 1. The van der Waals surface area contributed by atoms with E-state index in [-0.39, 0.29) is 29.9 Å². The number of esters is 1. The summed E-state index contributed by atoms with van der Waals surface area (Å²) < 4.78 is 5.39. The van der Waals surface area contributed by atoms with Crippen molar-refractivity contribution in [3.63, 3.8) is 0 Å². The predicted molar refractivity (Wildman–Crippen MR) is 102 cm³/mol. The minimum atomic E-state index is -0.809. The van der Waals surface area contributed by atoms with Crippen LogP contribution in [-0.2, 0) is 20.9 Å². The number of hydrogen-bond donors (Lipinski definition) is 1. The zero-order valence-electron chi connectivity index (χ0n) is 15.3. The number of rotatable bonds is 6. The molecule has 0 unspecified atom stereocenters. The van der Waals surface area contributed by atoms with Crippen molar-refractivity contribution in [2.45, 2.75) is 32.1 Å². The molecular formula is C19H17N3O6S. The molecule has 0 radical (unpaired) electrons. The van der Waals surface area contributed by atoms with Crippen molar-refractivity contribution in [1.82, 2.24) is 9.88 Å². The molecule has 1 fully saturated rings. The standard InChI is InChI=1S/C19H17N3O6S/c1-10(23)16-15-6-13(14-8-29-9-20-14)17(21(15)18(16)24)19(25)28-7-11-2-4-12(5-3-11)22(26)27/h2-5,8-10,15-16,23H,6-7H2,1H3/t10-,15-,16-/m1/s1. The van der Waals surface area contributed by atoms with Crippen molar-refractivity contribution >= 4 is 34.5 Å². The number of carbonyl (C=O) groups excluding carboxylic acids is 2. The monoisotopic (exact) mass is 415 g/mol. The number of thiazole rings is 1. The molecule has 0 bridgehead atoms. The second kappa shape index (κ2) is 7.37. The van der Waals surface area contributed by atoms with Crippen LogP contribution in [0.4, 0.5) is 5.69 Å². The molecule has 0 aliphatic carbocycles. The first-order chi connectivity index (χ1) is 13.9. The first kappa shape index (κ1) is 19.2. The maximum absolute atomic E-state index is 12.8. The number of carbonyl (C=O) groups is 2. The minimum Gasteiger partial charge on any atom is -0.456 e. The summed E-state index contributed by atoms with van der Waals surface area (Å²) in [5, 5.41) is 22.4. The van der Waals surface area contributed by atoms with Gasteiger partial charge in [-0.1, -0.05) is 0 Å². The van der Waals surface area contributed by atoms with Gasteiger partial charge in [0.15, 0.2) is 0 Å². The van der Waals surface area contributed by atoms with Gasteiger partial charge in [-0.15, -0.1) is 11.3 Å². The average molecular weight is 415 g/mol. The molecule has 1 saturated heterocycles. The SMILES string of the molecule is C[C@@H](O)[C@H]1C(=O)N2C(C(=O)OCc3ccc([N+](=O)[O-])cc3)=C(c3cscn3)C[C@H]12. The van der Waals surface area contributed by atoms with E-state index in [1.54, 1.807) is 17.8 Å². The second-order valence-electron chi connectivity index (χ2n) is 6.95. The number of amides is 1. The molecule has 2 aliphatic heterocycles. The van der Waals surface area contributed by atoms with Crippen molar-refractivity contribution in [3.8, 4) is 0 Å². The number of nitro groups is 1. The molecule has 1 aromatic carbocycles. The lowest BCUT2D eigenvalue weighted by atomic mass is 9.83. The van der Waals surface area contributed by atoms with E-state index in [0.29, 0.717) is 23.3 Å². The predicted octanol–water partition coefficient (Wildman–Crippen LogP) is 2.12. The Hall–Kier alpha value is -3.11. The van der Waals surface area contributed by atoms with Gasteiger partial charge in [0.1, 0.15) is 12.3 Å². The molecule has 3 heterocycles. The zero-order valence-corrected chi connectivity index (χ0v) is 16.2. The highest BCUT2D eigenvalue weighted by molar-refractivity contribution is 7.07. The van der Waals surface area contributed by atoms with Crippen molar-refractivity contribution < 1.29 is 24.4 Å². The third-order valence-electron chi connectivity index (χ3n) is 5.18. The van der Waals surface area contributed by atoms with E-state index in [4.69, 9.17) is 4.74 Å². The fourth-order valence-corrected chi connectivity index (χ4v) is 4.35. The fraction of sp³-hybridized carbons (Fsp3) is 0.316. The Morgan fingerprint density at radius 1 is 1.45 bits per heavy atom. The molecule has 9 nitrogen and oxygen atoms in total. The number of aliphatic hydroxyl groups is 1. The molecule has 1 N–H and O–H groups in total. The molecule has 1 aromatic heterocycles. The minimum absolute atomic E-state index is 0.0532. The Balaban J connectivity index is 1.55. The molecule has 0 spiro atoms. The van der Waals surface area contributed by atoms with E-state index in [1.807, 2.05) is 0 Å². The number of benzene rings is 1. The normalized spacial score (nSPS) is 21.6. The average Bonchev–Trinajstić information content (AvgIpc) is 3.32. The van der Waals surface area contributed by atoms with Gasteiger partial charge in [0.2, 0.25) is 5.91 Å². The van der Waals surface area contributed by atoms with Gasteiger partial charge in [-0.3, -0.25) is 14.9 Å². The molecular weight excluding hydrogens is 398 g/mol. The van der Waals surface area contributed by atoms with E-state index in [1.165, 1.54) is 40.5 Å². The van der Waals surface area contributed by atoms with Gasteiger partial charge in [-0.05, 0) is 31.0 Å². The number of hydrogen-bond acceptors (Lipinski definition) is 8. The summed E-state index contributed by atoms with van der Waals surface area (Å²) in [7, 11) is 0. The molecule has 0 saturated carbocycles. The van der Waals surface area contributed by atoms with Gasteiger partial charge < -0.3 is 14.7 Å². The van der Waals surface area contributed by atoms with Crippen LogP contribution in [-0.4, -0.2) is 43.9 Å². The smallest absolute Gasteiger partial charge is 0.355 e. The van der Waals surface area contributed by atoms with Gasteiger partial charge >= 0.3 is 5.97 Å². The maximum Gasteiger partial charge on any atom is 0.355 e. The molecule has 10 heteroatoms. The van der Waals surface area contributed by atoms with Crippen LogP contribution in [0.3, 0.4) is 0 Å². The van der Waals surface area contributed by atoms with E-state index < -0.39 is 22.9 Å². The van der Waals surface area contributed by atoms with Gasteiger partial charge in [0.25, 0.3) is 5.69 Å². The molecule has 2 aliphatic rings. The third kappa shape index (κ3) is 3.30. The van der Waals surface area contributed by atoms with Gasteiger partial charge in [-0.2, -0.15) is 0 Å². The number of nitro benzene ring substituents is 1. The number of nitrogens with zero attached hydrogens (tertiary/aromatic N) is 3. The van der Waals surface area contributed by atoms with E-state index in [2.05, 4.69) is 4.98 Å². The first-order valence-electron chi connectivity index (χ1n) is 8.91. The summed E-state index contributed by atoms with van der Waals surface area (Å²) in [6.45, 7) is 1.48. The molecule has 4 rings (SSSR count). The third-order valence-corrected chi connectivity index (χ3v) is 5.77. The number of aliphatic hydroxyl groups excluding tert-OH is 1. The van der Waals surface area contributed by atoms with Crippen molar-refractivity contribution in [2.24, 2.45) is 5.92 Å². The highest BCUT2D eigenvalue weighted by atomic mass is 32.1. The summed E-state index contributed by atoms with van der Waals surface area (Å²) in [5.41, 5.74) is 3.58. The van der Waals surface area contributed by atoms with Crippen molar-refractivity contribution in [1.29, 1.82) is 0 Å². The fourth-order valence-electron chi connectivity index (χ4n) is 3.78. The van der Waals surface area contributed by atoms with Crippen LogP contribution in [0.5, 0.6) is 0 Å². The summed E-state index contributed by atoms with van der Waals surface area (Å²) in [6.07, 6.45) is -0.386. The van der Waals surface area contributed by atoms with Crippen LogP contribution in [0.25, 0.3) is 5.57 Å². The van der Waals surface area contributed by atoms with Gasteiger partial charge in [-0.25, -0.2) is 9.78 Å². The quantitative estimate of drug-likeness (QED) is 0.332. The highest BCUT2D eigenvalue weighted by Crippen LogP contribution is 2.47. The topological polar surface area (TPSA) is 123 Å². The number of non-ortho nitro benzene ring substituents is 1. The Morgan fingerprint density at radius 2 is 2.17 bits per heavy atom. The van der Waals surface area contributed by atoms with Crippen LogP contribution >= 0.6 is 11.3 Å². The van der Waals surface area contributed by atoms with Crippen LogP contribution in [0.2, 0.25) is 0 Å². The molecule has 2 aromatic rings. The van der Waals surface area contributed by atoms with E-state index in [9.17, 15) is 24.8 Å².